The maximum absolute atomic E-state index is 10.3. The highest BCUT2D eigenvalue weighted by atomic mass is 79.9. The van der Waals surface area contributed by atoms with Gasteiger partial charge in [-0.05, 0) is 51.5 Å². The molecular weight excluding hydrogens is 382 g/mol. The maximum Gasteiger partial charge on any atom is 0.143 e. The second-order valence-electron chi connectivity index (χ2n) is 6.61. The second kappa shape index (κ2) is 7.66. The molecule has 0 aliphatic heterocycles. The number of benzene rings is 1. The number of aromatic nitrogens is 1. The number of nitriles is 1. The molecular formula is C19H20BrN3O2. The fourth-order valence-corrected chi connectivity index (χ4v) is 2.38. The average Bonchev–Trinajstić information content (AvgIpc) is 2.53. The zero-order valence-corrected chi connectivity index (χ0v) is 16.3. The number of hydrogen-bond acceptors (Lipinski definition) is 5. The van der Waals surface area contributed by atoms with Crippen LogP contribution >= 0.6 is 15.9 Å². The summed E-state index contributed by atoms with van der Waals surface area (Å²) in [6.07, 6.45) is 0.151. The molecule has 0 saturated heterocycles. The van der Waals surface area contributed by atoms with E-state index in [1.54, 1.807) is 6.07 Å². The van der Waals surface area contributed by atoms with E-state index in [-0.39, 0.29) is 17.9 Å². The molecule has 0 unspecified atom stereocenters. The lowest BCUT2D eigenvalue weighted by molar-refractivity contribution is 0.00111. The van der Waals surface area contributed by atoms with E-state index in [0.29, 0.717) is 11.4 Å². The van der Waals surface area contributed by atoms with Gasteiger partial charge in [0.15, 0.2) is 0 Å². The van der Waals surface area contributed by atoms with E-state index in [1.807, 2.05) is 45.9 Å². The van der Waals surface area contributed by atoms with E-state index in [0.717, 1.165) is 15.6 Å². The SMILES string of the molecule is Cc1ccc(/C(=N/OC(C)(C)C)c2nc(CC#N)ccc2O)cc1Br. The smallest absolute Gasteiger partial charge is 0.143 e. The van der Waals surface area contributed by atoms with E-state index in [1.165, 1.54) is 6.07 Å². The molecule has 0 aliphatic carbocycles. The molecule has 0 aliphatic rings. The molecule has 0 saturated carbocycles. The quantitative estimate of drug-likeness (QED) is 0.604. The van der Waals surface area contributed by atoms with Gasteiger partial charge < -0.3 is 9.94 Å². The van der Waals surface area contributed by atoms with Crippen molar-refractivity contribution >= 4 is 21.6 Å². The van der Waals surface area contributed by atoms with Gasteiger partial charge in [0.1, 0.15) is 22.8 Å². The largest absolute Gasteiger partial charge is 0.506 e. The molecule has 0 radical (unpaired) electrons. The minimum atomic E-state index is -0.493. The highest BCUT2D eigenvalue weighted by Gasteiger charge is 2.19. The third kappa shape index (κ3) is 5.04. The van der Waals surface area contributed by atoms with Gasteiger partial charge in [0, 0.05) is 10.0 Å². The minimum absolute atomic E-state index is 0.0188. The lowest BCUT2D eigenvalue weighted by atomic mass is 10.0. The minimum Gasteiger partial charge on any atom is -0.506 e. The van der Waals surface area contributed by atoms with Crippen LogP contribution in [0.2, 0.25) is 0 Å². The predicted octanol–water partition coefficient (Wildman–Crippen LogP) is 4.49. The fourth-order valence-electron chi connectivity index (χ4n) is 2.00. The van der Waals surface area contributed by atoms with Crippen LogP contribution in [0.4, 0.5) is 0 Å². The van der Waals surface area contributed by atoms with E-state index in [2.05, 4.69) is 32.1 Å². The number of oxime groups is 1. The zero-order valence-electron chi connectivity index (χ0n) is 14.7. The van der Waals surface area contributed by atoms with Crippen molar-refractivity contribution in [2.45, 2.75) is 39.7 Å². The van der Waals surface area contributed by atoms with E-state index in [4.69, 9.17) is 10.1 Å². The molecule has 5 nitrogen and oxygen atoms in total. The maximum atomic E-state index is 10.3. The van der Waals surface area contributed by atoms with Gasteiger partial charge >= 0.3 is 0 Å². The first-order valence-electron chi connectivity index (χ1n) is 7.80. The van der Waals surface area contributed by atoms with Gasteiger partial charge in [0.2, 0.25) is 0 Å². The predicted molar refractivity (Wildman–Crippen MR) is 101 cm³/mol. The Morgan fingerprint density at radius 2 is 2.04 bits per heavy atom. The Labute approximate surface area is 156 Å². The molecule has 130 valence electrons. The number of pyridine rings is 1. The lowest BCUT2D eigenvalue weighted by Gasteiger charge is -2.18. The Kier molecular flexibility index (Phi) is 5.81. The first kappa shape index (κ1) is 18.9. The summed E-state index contributed by atoms with van der Waals surface area (Å²) < 4.78 is 0.918. The number of nitrogens with zero attached hydrogens (tertiary/aromatic N) is 3. The van der Waals surface area contributed by atoms with Crippen LogP contribution in [0.15, 0.2) is 40.0 Å². The summed E-state index contributed by atoms with van der Waals surface area (Å²) in [7, 11) is 0. The van der Waals surface area contributed by atoms with Crippen LogP contribution in [-0.4, -0.2) is 21.4 Å². The summed E-state index contributed by atoms with van der Waals surface area (Å²) in [4.78, 5) is 9.97. The summed E-state index contributed by atoms with van der Waals surface area (Å²) in [5.74, 6) is -0.0188. The first-order chi connectivity index (χ1) is 11.7. The van der Waals surface area contributed by atoms with Crippen LogP contribution in [-0.2, 0) is 11.3 Å². The van der Waals surface area contributed by atoms with Crippen molar-refractivity contribution in [2.75, 3.05) is 0 Å². The molecule has 1 heterocycles. The standard InChI is InChI=1S/C19H20BrN3O2/c1-12-5-6-13(11-15(12)20)17(23-25-19(2,3)4)18-16(24)8-7-14(22-18)9-10-21/h5-8,11,24H,9H2,1-4H3/b23-17-. The second-order valence-corrected chi connectivity index (χ2v) is 7.47. The topological polar surface area (TPSA) is 78.5 Å². The van der Waals surface area contributed by atoms with Crippen molar-refractivity contribution in [3.05, 3.63) is 57.3 Å². The zero-order chi connectivity index (χ0) is 18.6. The summed E-state index contributed by atoms with van der Waals surface area (Å²) in [5, 5.41) is 23.5. The van der Waals surface area contributed by atoms with Crippen molar-refractivity contribution in [1.29, 1.82) is 5.26 Å². The van der Waals surface area contributed by atoms with Gasteiger partial charge in [0.25, 0.3) is 0 Å². The van der Waals surface area contributed by atoms with Crippen molar-refractivity contribution < 1.29 is 9.94 Å². The monoisotopic (exact) mass is 401 g/mol. The third-order valence-corrected chi connectivity index (χ3v) is 4.13. The van der Waals surface area contributed by atoms with E-state index in [9.17, 15) is 5.11 Å². The summed E-state index contributed by atoms with van der Waals surface area (Å²) in [6.45, 7) is 7.65. The van der Waals surface area contributed by atoms with Gasteiger partial charge in [-0.1, -0.05) is 33.2 Å². The van der Waals surface area contributed by atoms with Gasteiger partial charge in [-0.15, -0.1) is 0 Å². The van der Waals surface area contributed by atoms with Crippen LogP contribution < -0.4 is 0 Å². The molecule has 25 heavy (non-hydrogen) atoms. The molecule has 1 aromatic heterocycles. The van der Waals surface area contributed by atoms with Crippen molar-refractivity contribution in [3.63, 3.8) is 0 Å². The number of aryl methyl sites for hydroxylation is 1. The molecule has 0 bridgehead atoms. The number of halogens is 1. The molecule has 0 amide bonds. The fraction of sp³-hybridized carbons (Fsp3) is 0.316. The molecule has 0 atom stereocenters. The van der Waals surface area contributed by atoms with E-state index < -0.39 is 5.60 Å². The van der Waals surface area contributed by atoms with Crippen LogP contribution in [0, 0.1) is 18.3 Å². The average molecular weight is 402 g/mol. The summed E-state index contributed by atoms with van der Waals surface area (Å²) in [6, 6.07) is 10.9. The summed E-state index contributed by atoms with van der Waals surface area (Å²) >= 11 is 3.51. The number of aromatic hydroxyl groups is 1. The Morgan fingerprint density at radius 3 is 2.64 bits per heavy atom. The van der Waals surface area contributed by atoms with Crippen LogP contribution in [0.1, 0.15) is 43.3 Å². The van der Waals surface area contributed by atoms with Crippen molar-refractivity contribution in [3.8, 4) is 11.8 Å². The van der Waals surface area contributed by atoms with Gasteiger partial charge in [0.05, 0.1) is 18.2 Å². The van der Waals surface area contributed by atoms with Crippen molar-refractivity contribution in [2.24, 2.45) is 5.16 Å². The number of rotatable bonds is 4. The molecule has 2 aromatic rings. The Morgan fingerprint density at radius 1 is 1.32 bits per heavy atom. The van der Waals surface area contributed by atoms with Crippen LogP contribution in [0.5, 0.6) is 5.75 Å². The van der Waals surface area contributed by atoms with Crippen LogP contribution in [0.25, 0.3) is 0 Å². The normalized spacial score (nSPS) is 11.9. The molecule has 0 fully saturated rings. The lowest BCUT2D eigenvalue weighted by Crippen LogP contribution is -2.18. The summed E-state index contributed by atoms with van der Waals surface area (Å²) in [5.41, 5.74) is 2.59. The van der Waals surface area contributed by atoms with E-state index >= 15 is 0 Å². The molecule has 2 rings (SSSR count). The Bertz CT molecular complexity index is 849. The highest BCUT2D eigenvalue weighted by Crippen LogP contribution is 2.24. The first-order valence-corrected chi connectivity index (χ1v) is 8.59. The van der Waals surface area contributed by atoms with Gasteiger partial charge in [-0.25, -0.2) is 4.98 Å². The Hall–Kier alpha value is -2.39. The molecule has 6 heteroatoms. The molecule has 0 spiro atoms. The highest BCUT2D eigenvalue weighted by molar-refractivity contribution is 9.10. The van der Waals surface area contributed by atoms with Gasteiger partial charge in [-0.3, -0.25) is 0 Å². The van der Waals surface area contributed by atoms with Crippen LogP contribution in [0.3, 0.4) is 0 Å². The molecule has 1 aromatic carbocycles. The third-order valence-electron chi connectivity index (χ3n) is 3.27. The molecule has 1 N–H and O–H groups in total. The van der Waals surface area contributed by atoms with Gasteiger partial charge in [-0.2, -0.15) is 5.26 Å². The Balaban J connectivity index is 2.61. The van der Waals surface area contributed by atoms with Crippen molar-refractivity contribution in [1.82, 2.24) is 4.98 Å². The number of hydrogen-bond donors (Lipinski definition) is 1.